The van der Waals surface area contributed by atoms with Crippen LogP contribution in [0.4, 0.5) is 4.79 Å². The summed E-state index contributed by atoms with van der Waals surface area (Å²) in [6, 6.07) is 15.1. The Balaban J connectivity index is 1.44. The van der Waals surface area contributed by atoms with Gasteiger partial charge in [-0.15, -0.1) is 0 Å². The fourth-order valence-electron chi connectivity index (χ4n) is 5.50. The minimum Gasteiger partial charge on any atom is -0.465 e. The molecule has 1 aromatic carbocycles. The van der Waals surface area contributed by atoms with Crippen molar-refractivity contribution in [2.24, 2.45) is 0 Å². The number of furan rings is 1. The summed E-state index contributed by atoms with van der Waals surface area (Å²) in [6.07, 6.45) is 5.14. The summed E-state index contributed by atoms with van der Waals surface area (Å²) in [7, 11) is -3.96. The lowest BCUT2D eigenvalue weighted by molar-refractivity contribution is 0.0139. The van der Waals surface area contributed by atoms with Crippen molar-refractivity contribution in [3.8, 4) is 23.3 Å². The van der Waals surface area contributed by atoms with Crippen molar-refractivity contribution in [2.45, 2.75) is 23.5 Å². The second-order valence-corrected chi connectivity index (χ2v) is 12.0. The van der Waals surface area contributed by atoms with Crippen molar-refractivity contribution in [1.82, 2.24) is 33.2 Å². The average molecular weight is 599 g/mol. The number of rotatable bonds is 7. The Bertz CT molecular complexity index is 2180. The number of aliphatic hydroxyl groups excluding tert-OH is 1. The zero-order valence-corrected chi connectivity index (χ0v) is 23.1. The topological polar surface area (TPSA) is 185 Å². The number of hydrogen-bond acceptors (Lipinski definition) is 9. The number of hydrogen-bond donors (Lipinski definition) is 2. The Morgan fingerprint density at radius 1 is 1.12 bits per heavy atom. The number of nitriles is 1. The van der Waals surface area contributed by atoms with E-state index in [1.807, 2.05) is 0 Å². The number of nitrogens with zero attached hydrogens (tertiary/aromatic N) is 8. The van der Waals surface area contributed by atoms with Gasteiger partial charge in [-0.3, -0.25) is 9.25 Å². The molecule has 0 unspecified atom stereocenters. The van der Waals surface area contributed by atoms with Crippen LogP contribution in [0, 0.1) is 11.3 Å². The van der Waals surface area contributed by atoms with Gasteiger partial charge in [0.15, 0.2) is 17.2 Å². The standard InChI is InChI=1S/C28H22N8O6S/c29-10-9-28(16-33(17-28)27(38)39)35-14-18(12-31-35)36-24-21-8-11-34(43(40,41)20-4-2-1-3-5-20)25(21)30-13-22(24)32-26(36)23-7-6-19(15-37)42-23/h1-8,11-14,37H,9,15-17H2,(H,38,39). The first kappa shape index (κ1) is 26.4. The van der Waals surface area contributed by atoms with E-state index in [1.54, 1.807) is 58.0 Å². The van der Waals surface area contributed by atoms with Crippen LogP contribution in [0.15, 0.2) is 82.6 Å². The van der Waals surface area contributed by atoms with Gasteiger partial charge in [0.1, 0.15) is 23.4 Å². The van der Waals surface area contributed by atoms with Gasteiger partial charge >= 0.3 is 6.09 Å². The molecule has 14 nitrogen and oxygen atoms in total. The lowest BCUT2D eigenvalue weighted by Crippen LogP contribution is -2.64. The van der Waals surface area contributed by atoms with Crippen molar-refractivity contribution < 1.29 is 27.8 Å². The monoisotopic (exact) mass is 598 g/mol. The lowest BCUT2D eigenvalue weighted by Gasteiger charge is -2.47. The molecule has 5 aromatic heterocycles. The van der Waals surface area contributed by atoms with Gasteiger partial charge < -0.3 is 19.5 Å². The maximum atomic E-state index is 13.5. The number of benzene rings is 1. The Labute approximate surface area is 243 Å². The molecule has 1 fully saturated rings. The van der Waals surface area contributed by atoms with Crippen molar-refractivity contribution in [3.63, 3.8) is 0 Å². The van der Waals surface area contributed by atoms with Gasteiger partial charge in [-0.1, -0.05) is 18.2 Å². The number of carbonyl (C=O) groups is 1. The van der Waals surface area contributed by atoms with E-state index in [0.717, 1.165) is 3.97 Å². The third-order valence-electron chi connectivity index (χ3n) is 7.59. The summed E-state index contributed by atoms with van der Waals surface area (Å²) < 4.78 is 37.3. The molecule has 15 heteroatoms. The number of aromatic nitrogens is 6. The number of amides is 1. The van der Waals surface area contributed by atoms with Crippen LogP contribution in [0.25, 0.3) is 39.3 Å². The molecule has 0 spiro atoms. The number of aliphatic hydroxyl groups is 1. The first-order chi connectivity index (χ1) is 20.8. The first-order valence-electron chi connectivity index (χ1n) is 13.1. The van der Waals surface area contributed by atoms with E-state index < -0.39 is 21.7 Å². The predicted molar refractivity (Wildman–Crippen MR) is 151 cm³/mol. The summed E-state index contributed by atoms with van der Waals surface area (Å²) in [4.78, 5) is 22.0. The maximum Gasteiger partial charge on any atom is 0.407 e. The quantitative estimate of drug-likeness (QED) is 0.276. The molecular formula is C28H22N8O6S. The number of likely N-dealkylation sites (tertiary alicyclic amines) is 1. The molecule has 43 heavy (non-hydrogen) atoms. The summed E-state index contributed by atoms with van der Waals surface area (Å²) in [5.41, 5.74) is 0.819. The van der Waals surface area contributed by atoms with Crippen LogP contribution in [-0.2, 0) is 22.2 Å². The third kappa shape index (κ3) is 3.99. The molecule has 6 heterocycles. The number of imidazole rings is 1. The van der Waals surface area contributed by atoms with E-state index in [4.69, 9.17) is 9.40 Å². The fraction of sp³-hybridized carbons (Fsp3) is 0.179. The van der Waals surface area contributed by atoms with Crippen LogP contribution in [0.1, 0.15) is 12.2 Å². The van der Waals surface area contributed by atoms with Crippen molar-refractivity contribution >= 4 is 38.2 Å². The van der Waals surface area contributed by atoms with Crippen molar-refractivity contribution in [3.05, 3.63) is 79.1 Å². The Hall–Kier alpha value is -5.46. The smallest absolute Gasteiger partial charge is 0.407 e. The minimum atomic E-state index is -3.96. The molecule has 1 amide bonds. The number of carboxylic acid groups (broad SMARTS) is 1. The largest absolute Gasteiger partial charge is 0.465 e. The Morgan fingerprint density at radius 2 is 1.91 bits per heavy atom. The molecule has 0 saturated carbocycles. The van der Waals surface area contributed by atoms with E-state index in [1.165, 1.54) is 29.4 Å². The van der Waals surface area contributed by atoms with E-state index >= 15 is 0 Å². The van der Waals surface area contributed by atoms with Crippen molar-refractivity contribution in [2.75, 3.05) is 13.1 Å². The van der Waals surface area contributed by atoms with Crippen LogP contribution >= 0.6 is 0 Å². The van der Waals surface area contributed by atoms with Crippen LogP contribution in [0.2, 0.25) is 0 Å². The minimum absolute atomic E-state index is 0.0435. The van der Waals surface area contributed by atoms with Crippen molar-refractivity contribution in [1.29, 1.82) is 5.26 Å². The van der Waals surface area contributed by atoms with Gasteiger partial charge in [-0.05, 0) is 30.3 Å². The highest BCUT2D eigenvalue weighted by atomic mass is 32.2. The lowest BCUT2D eigenvalue weighted by atomic mass is 9.87. The summed E-state index contributed by atoms with van der Waals surface area (Å²) in [6.45, 7) is -0.122. The second kappa shape index (κ2) is 9.54. The first-order valence-corrected chi connectivity index (χ1v) is 14.5. The van der Waals surface area contributed by atoms with E-state index in [-0.39, 0.29) is 36.7 Å². The van der Waals surface area contributed by atoms with Gasteiger partial charge in [0.05, 0.1) is 54.1 Å². The molecule has 6 aromatic rings. The molecule has 0 atom stereocenters. The highest BCUT2D eigenvalue weighted by molar-refractivity contribution is 7.90. The van der Waals surface area contributed by atoms with Crippen LogP contribution in [0.3, 0.4) is 0 Å². The Morgan fingerprint density at radius 3 is 2.60 bits per heavy atom. The number of pyridine rings is 1. The van der Waals surface area contributed by atoms with E-state index in [0.29, 0.717) is 39.5 Å². The normalized spacial score (nSPS) is 14.7. The zero-order chi connectivity index (χ0) is 29.9. The SMILES string of the molecule is N#CCC1(n2cc(-n3c(-c4ccc(CO)o4)nc4cnc5c(ccn5S(=O)(=O)c5ccccc5)c43)cn2)CN(C(=O)O)C1. The summed E-state index contributed by atoms with van der Waals surface area (Å²) in [5, 5.41) is 33.5. The van der Waals surface area contributed by atoms with Gasteiger partial charge in [0.2, 0.25) is 0 Å². The highest BCUT2D eigenvalue weighted by Gasteiger charge is 2.48. The molecule has 1 aliphatic rings. The predicted octanol–water partition coefficient (Wildman–Crippen LogP) is 3.16. The maximum absolute atomic E-state index is 13.5. The Kier molecular flexibility index (Phi) is 5.87. The molecule has 1 saturated heterocycles. The number of fused-ring (bicyclic) bond motifs is 3. The molecule has 0 bridgehead atoms. The third-order valence-corrected chi connectivity index (χ3v) is 9.28. The van der Waals surface area contributed by atoms with Crippen LogP contribution in [0.5, 0.6) is 0 Å². The molecule has 2 N–H and O–H groups in total. The second-order valence-electron chi connectivity index (χ2n) is 10.2. The summed E-state index contributed by atoms with van der Waals surface area (Å²) in [5.74, 6) is 1.01. The van der Waals surface area contributed by atoms with Gasteiger partial charge in [-0.25, -0.2) is 27.2 Å². The highest BCUT2D eigenvalue weighted by Crippen LogP contribution is 2.37. The van der Waals surface area contributed by atoms with Crippen LogP contribution < -0.4 is 0 Å². The summed E-state index contributed by atoms with van der Waals surface area (Å²) >= 11 is 0. The molecular weight excluding hydrogens is 576 g/mol. The zero-order valence-electron chi connectivity index (χ0n) is 22.3. The van der Waals surface area contributed by atoms with Gasteiger partial charge in [-0.2, -0.15) is 10.4 Å². The molecule has 1 aliphatic heterocycles. The fourth-order valence-corrected chi connectivity index (χ4v) is 6.82. The molecule has 216 valence electrons. The molecule has 0 aliphatic carbocycles. The molecule has 7 rings (SSSR count). The molecule has 0 radical (unpaired) electrons. The average Bonchev–Trinajstić information content (AvgIpc) is 3.78. The van der Waals surface area contributed by atoms with Crippen LogP contribution in [-0.4, -0.2) is 71.0 Å². The van der Waals surface area contributed by atoms with Gasteiger partial charge in [0.25, 0.3) is 10.0 Å². The van der Waals surface area contributed by atoms with E-state index in [9.17, 15) is 28.7 Å². The van der Waals surface area contributed by atoms with E-state index in [2.05, 4.69) is 16.2 Å². The van der Waals surface area contributed by atoms with Gasteiger partial charge in [0, 0.05) is 17.8 Å².